The fourth-order valence-corrected chi connectivity index (χ4v) is 2.55. The molecule has 2 rings (SSSR count). The van der Waals surface area contributed by atoms with Gasteiger partial charge in [-0.1, -0.05) is 17.4 Å². The van der Waals surface area contributed by atoms with Crippen LogP contribution in [0.15, 0.2) is 28.4 Å². The van der Waals surface area contributed by atoms with E-state index in [4.69, 9.17) is 0 Å². The molecule has 3 nitrogen and oxygen atoms in total. The minimum absolute atomic E-state index is 0.932. The van der Waals surface area contributed by atoms with E-state index in [2.05, 4.69) is 39.9 Å². The molecule has 84 valence electrons. The number of hydrogen-bond donors (Lipinski definition) is 0. The molecule has 2 aromatic rings. The molecule has 0 aliphatic heterocycles. The van der Waals surface area contributed by atoms with Gasteiger partial charge in [0.1, 0.15) is 0 Å². The third kappa shape index (κ3) is 2.07. The van der Waals surface area contributed by atoms with Crippen LogP contribution in [0.5, 0.6) is 0 Å². The van der Waals surface area contributed by atoms with Gasteiger partial charge in [0.15, 0.2) is 0 Å². The predicted molar refractivity (Wildman–Crippen MR) is 69.9 cm³/mol. The molecule has 0 atom stereocenters. The first-order valence-corrected chi connectivity index (χ1v) is 6.00. The quantitative estimate of drug-likeness (QED) is 0.535. The number of aryl methyl sites for hydroxylation is 2. The largest absolute Gasteiger partial charge is 0.318 e. The van der Waals surface area contributed by atoms with Crippen molar-refractivity contribution in [3.8, 4) is 0 Å². The lowest BCUT2D eigenvalue weighted by Crippen LogP contribution is -2.09. The highest BCUT2D eigenvalue weighted by Crippen LogP contribution is 2.17. The van der Waals surface area contributed by atoms with Crippen molar-refractivity contribution in [3.05, 3.63) is 28.6 Å². The summed E-state index contributed by atoms with van der Waals surface area (Å²) >= 11 is 1.67. The van der Waals surface area contributed by atoms with Gasteiger partial charge in [-0.05, 0) is 38.5 Å². The minimum atomic E-state index is 0.932. The van der Waals surface area contributed by atoms with E-state index in [1.54, 1.807) is 11.3 Å². The molecule has 0 bridgehead atoms. The molecule has 0 aliphatic rings. The predicted octanol–water partition coefficient (Wildman–Crippen LogP) is 2.84. The lowest BCUT2D eigenvalue weighted by atomic mass is 10.2. The summed E-state index contributed by atoms with van der Waals surface area (Å²) in [5, 5.41) is 8.35. The summed E-state index contributed by atoms with van der Waals surface area (Å²) < 4.78 is 3.33. The molecule has 0 N–H and O–H groups in total. The maximum atomic E-state index is 4.24. The number of benzene rings is 1. The molecule has 16 heavy (non-hydrogen) atoms. The maximum Gasteiger partial charge on any atom is 0.211 e. The van der Waals surface area contributed by atoms with E-state index in [0.29, 0.717) is 0 Å². The van der Waals surface area contributed by atoms with Crippen molar-refractivity contribution in [2.45, 2.75) is 20.8 Å². The smallest absolute Gasteiger partial charge is 0.211 e. The van der Waals surface area contributed by atoms with Crippen LogP contribution in [-0.4, -0.2) is 10.3 Å². The highest BCUT2D eigenvalue weighted by atomic mass is 32.1. The van der Waals surface area contributed by atoms with E-state index >= 15 is 0 Å². The summed E-state index contributed by atoms with van der Waals surface area (Å²) in [4.78, 5) is 0.932. The van der Waals surface area contributed by atoms with Crippen molar-refractivity contribution >= 4 is 27.3 Å². The average molecular weight is 233 g/mol. The Morgan fingerprint density at radius 1 is 1.31 bits per heavy atom. The zero-order valence-electron chi connectivity index (χ0n) is 9.98. The molecule has 0 radical (unpaired) electrons. The fourth-order valence-electron chi connectivity index (χ4n) is 1.48. The van der Waals surface area contributed by atoms with Crippen molar-refractivity contribution in [1.82, 2.24) is 4.57 Å². The first-order valence-electron chi connectivity index (χ1n) is 5.19. The topological polar surface area (TPSA) is 29.6 Å². The van der Waals surface area contributed by atoms with Crippen LogP contribution >= 0.6 is 11.3 Å². The third-order valence-corrected chi connectivity index (χ3v) is 3.39. The van der Waals surface area contributed by atoms with Gasteiger partial charge in [-0.3, -0.25) is 0 Å². The Bertz CT molecular complexity index is 613. The summed E-state index contributed by atoms with van der Waals surface area (Å²) in [6.07, 6.45) is 0. The number of fused-ring (bicyclic) bond motifs is 1. The van der Waals surface area contributed by atoms with Gasteiger partial charge in [-0.15, -0.1) is 5.10 Å². The van der Waals surface area contributed by atoms with E-state index in [-0.39, 0.29) is 0 Å². The van der Waals surface area contributed by atoms with E-state index in [1.165, 1.54) is 15.8 Å². The molecule has 1 heterocycles. The van der Waals surface area contributed by atoms with Crippen molar-refractivity contribution in [2.24, 2.45) is 17.3 Å². The third-order valence-electron chi connectivity index (χ3n) is 2.30. The number of nitrogens with zero attached hydrogens (tertiary/aromatic N) is 3. The molecular formula is C12H15N3S. The molecule has 4 heteroatoms. The Labute approximate surface area is 98.8 Å². The zero-order valence-corrected chi connectivity index (χ0v) is 10.8. The monoisotopic (exact) mass is 233 g/mol. The number of thiazole rings is 1. The molecule has 1 aromatic carbocycles. The average Bonchev–Trinajstić information content (AvgIpc) is 2.52. The highest BCUT2D eigenvalue weighted by Gasteiger charge is 2.01. The second-order valence-corrected chi connectivity index (χ2v) is 5.07. The first kappa shape index (κ1) is 11.1. The fraction of sp³-hybridized carbons (Fsp3) is 0.333. The molecule has 0 amide bonds. The molecule has 0 aliphatic carbocycles. The van der Waals surface area contributed by atoms with Crippen LogP contribution in [0.3, 0.4) is 0 Å². The van der Waals surface area contributed by atoms with Crippen LogP contribution < -0.4 is 4.80 Å². The standard InChI is InChI=1S/C12H15N3S/c1-8(2)13-14-12-15(4)10-6-5-9(3)7-11(10)16-12/h5-7H,1-4H3/b14-12-. The van der Waals surface area contributed by atoms with E-state index in [9.17, 15) is 0 Å². The van der Waals surface area contributed by atoms with Gasteiger partial charge in [0.25, 0.3) is 0 Å². The van der Waals surface area contributed by atoms with Gasteiger partial charge in [-0.25, -0.2) is 0 Å². The Kier molecular flexibility index (Phi) is 2.92. The van der Waals surface area contributed by atoms with E-state index in [0.717, 1.165) is 10.5 Å². The van der Waals surface area contributed by atoms with Gasteiger partial charge in [0, 0.05) is 12.8 Å². The second-order valence-electron chi connectivity index (χ2n) is 4.06. The number of rotatable bonds is 1. The molecule has 0 spiro atoms. The van der Waals surface area contributed by atoms with Gasteiger partial charge in [-0.2, -0.15) is 5.10 Å². The van der Waals surface area contributed by atoms with Crippen LogP contribution in [0, 0.1) is 6.92 Å². The normalized spacial score (nSPS) is 12.1. The summed E-state index contributed by atoms with van der Waals surface area (Å²) in [6, 6.07) is 6.43. The van der Waals surface area contributed by atoms with Crippen molar-refractivity contribution < 1.29 is 0 Å². The molecule has 1 aromatic heterocycles. The van der Waals surface area contributed by atoms with Crippen LogP contribution in [0.25, 0.3) is 10.2 Å². The molecule has 0 fully saturated rings. The Balaban J connectivity index is 2.69. The Morgan fingerprint density at radius 3 is 2.75 bits per heavy atom. The Morgan fingerprint density at radius 2 is 2.06 bits per heavy atom. The summed E-state index contributed by atoms with van der Waals surface area (Å²) in [5.74, 6) is 0. The number of hydrogen-bond acceptors (Lipinski definition) is 3. The molecule has 0 saturated heterocycles. The van der Waals surface area contributed by atoms with Gasteiger partial charge < -0.3 is 4.57 Å². The Hall–Kier alpha value is -1.42. The van der Waals surface area contributed by atoms with Crippen molar-refractivity contribution in [1.29, 1.82) is 0 Å². The molecular weight excluding hydrogens is 218 g/mol. The van der Waals surface area contributed by atoms with Crippen LogP contribution in [-0.2, 0) is 7.05 Å². The van der Waals surface area contributed by atoms with Gasteiger partial charge in [0.05, 0.1) is 10.2 Å². The second kappa shape index (κ2) is 4.22. The highest BCUT2D eigenvalue weighted by molar-refractivity contribution is 7.16. The lowest BCUT2D eigenvalue weighted by Gasteiger charge is -1.95. The van der Waals surface area contributed by atoms with E-state index < -0.39 is 0 Å². The minimum Gasteiger partial charge on any atom is -0.318 e. The summed E-state index contributed by atoms with van der Waals surface area (Å²) in [7, 11) is 2.02. The summed E-state index contributed by atoms with van der Waals surface area (Å²) in [5.41, 5.74) is 3.45. The number of aromatic nitrogens is 1. The van der Waals surface area contributed by atoms with E-state index in [1.807, 2.05) is 20.9 Å². The van der Waals surface area contributed by atoms with Crippen LogP contribution in [0.4, 0.5) is 0 Å². The van der Waals surface area contributed by atoms with Gasteiger partial charge >= 0.3 is 0 Å². The van der Waals surface area contributed by atoms with Crippen LogP contribution in [0.1, 0.15) is 19.4 Å². The van der Waals surface area contributed by atoms with Crippen molar-refractivity contribution in [3.63, 3.8) is 0 Å². The lowest BCUT2D eigenvalue weighted by molar-refractivity contribution is 0.887. The summed E-state index contributed by atoms with van der Waals surface area (Å²) in [6.45, 7) is 5.99. The molecule has 0 saturated carbocycles. The van der Waals surface area contributed by atoms with Gasteiger partial charge in [0.2, 0.25) is 4.80 Å². The zero-order chi connectivity index (χ0) is 11.7. The molecule has 0 unspecified atom stereocenters. The first-order chi connectivity index (χ1) is 7.58. The maximum absolute atomic E-state index is 4.24. The van der Waals surface area contributed by atoms with Crippen LogP contribution in [0.2, 0.25) is 0 Å². The van der Waals surface area contributed by atoms with Crippen molar-refractivity contribution in [2.75, 3.05) is 0 Å². The SMILES string of the molecule is CC(C)=N/N=c1\sc2cc(C)ccc2n1C.